The molecule has 5 aromatic carbocycles. The Bertz CT molecular complexity index is 1940. The summed E-state index contributed by atoms with van der Waals surface area (Å²) in [6.45, 7) is 5.59. The van der Waals surface area contributed by atoms with Crippen LogP contribution in [0, 0.1) is 0 Å². The molecule has 1 radical (unpaired) electrons. The maximum atomic E-state index is 16.1. The van der Waals surface area contributed by atoms with Crippen molar-refractivity contribution in [2.45, 2.75) is 59.8 Å². The Morgan fingerprint density at radius 3 is 1.35 bits per heavy atom. The molecular weight excluding hydrogens is 805 g/mol. The molecule has 52 heavy (non-hydrogen) atoms. The van der Waals surface area contributed by atoms with Gasteiger partial charge in [0.05, 0.1) is 0 Å². The van der Waals surface area contributed by atoms with Crippen LogP contribution in [0.2, 0.25) is 0 Å². The van der Waals surface area contributed by atoms with E-state index >= 15 is 13.2 Å². The summed E-state index contributed by atoms with van der Waals surface area (Å²) in [5.74, 6) is 0. The van der Waals surface area contributed by atoms with E-state index in [2.05, 4.69) is 0 Å². The third-order valence-electron chi connectivity index (χ3n) is 9.34. The van der Waals surface area contributed by atoms with Gasteiger partial charge in [0.1, 0.15) is 0 Å². The van der Waals surface area contributed by atoms with E-state index in [-0.39, 0.29) is 12.6 Å². The summed E-state index contributed by atoms with van der Waals surface area (Å²) in [5.41, 5.74) is -11.8. The molecule has 0 aromatic heterocycles. The fraction of sp³-hybridized carbons (Fsp3) is 0.250. The first-order valence-electron chi connectivity index (χ1n) is 16.0. The van der Waals surface area contributed by atoms with E-state index in [1.54, 1.807) is 12.1 Å². The zero-order valence-corrected chi connectivity index (χ0v) is 30.7. The Kier molecular flexibility index (Phi) is 10.5. The van der Waals surface area contributed by atoms with Gasteiger partial charge in [0.25, 0.3) is 0 Å². The normalized spacial score (nSPS) is 16.1. The van der Waals surface area contributed by atoms with E-state index in [4.69, 9.17) is 0 Å². The van der Waals surface area contributed by atoms with E-state index < -0.39 is 72.5 Å². The SMILES string of the molecule is CC(C)(C)c1cc[c]([Sb]([c]2ccccc2)([c]2ccccc2C(O)(C(F)(F)F)C(F)(F)F)[C@@H](c2ccccc2)[C@](O)(c2ccccc2)C(F)(F)F)cc1. The first-order valence-corrected chi connectivity index (χ1v) is 21.3. The topological polar surface area (TPSA) is 40.5 Å². The van der Waals surface area contributed by atoms with Crippen molar-refractivity contribution in [2.75, 3.05) is 0 Å². The van der Waals surface area contributed by atoms with Gasteiger partial charge in [0, 0.05) is 0 Å². The van der Waals surface area contributed by atoms with Gasteiger partial charge < -0.3 is 0 Å². The molecule has 3 atom stereocenters. The van der Waals surface area contributed by atoms with Gasteiger partial charge in [0.15, 0.2) is 0 Å². The fourth-order valence-electron chi connectivity index (χ4n) is 6.83. The van der Waals surface area contributed by atoms with Crippen LogP contribution in [-0.4, -0.2) is 47.5 Å². The molecule has 0 saturated heterocycles. The summed E-state index contributed by atoms with van der Waals surface area (Å²) >= 11 is -6.35. The number of aliphatic hydroxyl groups is 2. The quantitative estimate of drug-likeness (QED) is 0.122. The van der Waals surface area contributed by atoms with Gasteiger partial charge in [-0.05, 0) is 0 Å². The van der Waals surface area contributed by atoms with Crippen molar-refractivity contribution in [1.29, 1.82) is 0 Å². The zero-order chi connectivity index (χ0) is 38.4. The van der Waals surface area contributed by atoms with Crippen LogP contribution in [0.5, 0.6) is 0 Å². The van der Waals surface area contributed by atoms with Crippen LogP contribution >= 0.6 is 0 Å². The minimum absolute atomic E-state index is 0.0103. The molecule has 0 aliphatic heterocycles. The number of hydrogen-bond donors (Lipinski definition) is 2. The summed E-state index contributed by atoms with van der Waals surface area (Å²) in [6, 6.07) is 29.4. The Hall–Kier alpha value is -3.79. The molecule has 0 amide bonds. The number of benzene rings is 5. The molecule has 0 spiro atoms. The van der Waals surface area contributed by atoms with Crippen molar-refractivity contribution in [3.05, 3.63) is 162 Å². The molecule has 5 aromatic rings. The second-order valence-electron chi connectivity index (χ2n) is 13.5. The fourth-order valence-corrected chi connectivity index (χ4v) is 22.2. The van der Waals surface area contributed by atoms with E-state index in [1.165, 1.54) is 91.0 Å². The van der Waals surface area contributed by atoms with E-state index in [0.29, 0.717) is 11.6 Å². The molecule has 275 valence electrons. The summed E-state index contributed by atoms with van der Waals surface area (Å²) in [4.78, 5) is 0. The van der Waals surface area contributed by atoms with E-state index in [1.807, 2.05) is 20.8 Å². The second-order valence-corrected chi connectivity index (χ2v) is 23.4. The van der Waals surface area contributed by atoms with E-state index in [9.17, 15) is 36.6 Å². The van der Waals surface area contributed by atoms with Crippen LogP contribution < -0.4 is 10.5 Å². The van der Waals surface area contributed by atoms with Crippen LogP contribution in [0.15, 0.2) is 140 Å². The van der Waals surface area contributed by atoms with Crippen LogP contribution in [-0.2, 0) is 16.6 Å². The first kappa shape index (κ1) is 39.4. The van der Waals surface area contributed by atoms with Crippen molar-refractivity contribution in [1.82, 2.24) is 0 Å². The Morgan fingerprint density at radius 1 is 0.462 bits per heavy atom. The third kappa shape index (κ3) is 6.54. The predicted octanol–water partition coefficient (Wildman–Crippen LogP) is 8.54. The molecule has 0 heterocycles. The Labute approximate surface area is 299 Å². The molecule has 0 aliphatic carbocycles. The number of rotatable bonds is 8. The molecular formula is C40H35F9O2Sb. The third-order valence-corrected chi connectivity index (χ3v) is 23.1. The Balaban J connectivity index is 2.16. The number of alkyl halides is 9. The van der Waals surface area contributed by atoms with Gasteiger partial charge in [-0.15, -0.1) is 0 Å². The van der Waals surface area contributed by atoms with Gasteiger partial charge >= 0.3 is 301 Å². The van der Waals surface area contributed by atoms with Crippen LogP contribution in [0.1, 0.15) is 46.9 Å². The molecule has 0 fully saturated rings. The molecule has 1 unspecified atom stereocenters. The van der Waals surface area contributed by atoms with Crippen molar-refractivity contribution in [3.63, 3.8) is 0 Å². The molecule has 0 saturated carbocycles. The summed E-state index contributed by atoms with van der Waals surface area (Å²) in [5, 5.41) is 23.7. The zero-order valence-electron chi connectivity index (χ0n) is 28.1. The second kappa shape index (κ2) is 13.9. The predicted molar refractivity (Wildman–Crippen MR) is 184 cm³/mol. The minimum atomic E-state index is -6.37. The van der Waals surface area contributed by atoms with Gasteiger partial charge in [-0.25, -0.2) is 0 Å². The maximum absolute atomic E-state index is 16.1. The first-order chi connectivity index (χ1) is 24.1. The Morgan fingerprint density at radius 2 is 0.885 bits per heavy atom. The molecule has 5 rings (SSSR count). The van der Waals surface area contributed by atoms with Gasteiger partial charge in [-0.3, -0.25) is 0 Å². The molecule has 0 aliphatic rings. The van der Waals surface area contributed by atoms with Crippen molar-refractivity contribution in [2.24, 2.45) is 0 Å². The van der Waals surface area contributed by atoms with Gasteiger partial charge in [-0.1, -0.05) is 0 Å². The number of halogens is 9. The van der Waals surface area contributed by atoms with Gasteiger partial charge in [-0.2, -0.15) is 0 Å². The summed E-state index contributed by atoms with van der Waals surface area (Å²) in [7, 11) is 0. The molecule has 12 heteroatoms. The average Bonchev–Trinajstić information content (AvgIpc) is 3.09. The van der Waals surface area contributed by atoms with Crippen molar-refractivity contribution < 1.29 is 49.7 Å². The number of hydrogen-bond acceptors (Lipinski definition) is 2. The van der Waals surface area contributed by atoms with Crippen LogP contribution in [0.4, 0.5) is 39.5 Å². The van der Waals surface area contributed by atoms with Crippen molar-refractivity contribution >= 4 is 29.3 Å². The van der Waals surface area contributed by atoms with Gasteiger partial charge in [0.2, 0.25) is 0 Å². The van der Waals surface area contributed by atoms with E-state index in [0.717, 1.165) is 30.3 Å². The van der Waals surface area contributed by atoms with Crippen molar-refractivity contribution in [3.8, 4) is 0 Å². The molecule has 2 N–H and O–H groups in total. The molecule has 0 bridgehead atoms. The standard InChI is InChI=1S/C15H12F3O.C10H13.C9H5F6O.C6H5.Sb/c16-15(17,18)14(19,13-9-5-2-6-10-13)11-12-7-3-1-4-8-12;1-10(2,3)9-7-5-4-6-8-9;10-8(11,12)7(16,9(13,14)15)6-4-2-1-3-5-6;1-2-4-6-5-3-1;/h1-11,19H;5-8H,1-3H3;1-4,16H;1-5H;/t14-;;;;/m0..../s1. The summed E-state index contributed by atoms with van der Waals surface area (Å²) < 4.78 is 135. The monoisotopic (exact) mass is 839 g/mol. The molecule has 2 nitrogen and oxygen atoms in total. The van der Waals surface area contributed by atoms with Crippen LogP contribution in [0.25, 0.3) is 0 Å². The average molecular weight is 840 g/mol. The summed E-state index contributed by atoms with van der Waals surface area (Å²) in [6.07, 6.45) is -18.3. The van der Waals surface area contributed by atoms with Crippen LogP contribution in [0.3, 0.4) is 0 Å².